The number of fused-ring (bicyclic) bond motifs is 1. The zero-order valence-electron chi connectivity index (χ0n) is 12.4. The van der Waals surface area contributed by atoms with Crippen molar-refractivity contribution >= 4 is 41.5 Å². The summed E-state index contributed by atoms with van der Waals surface area (Å²) < 4.78 is 5.27. The van der Waals surface area contributed by atoms with Crippen molar-refractivity contribution in [1.82, 2.24) is 4.90 Å². The molecule has 1 aromatic carbocycles. The first-order chi connectivity index (χ1) is 10.3. The maximum atomic E-state index is 12.3. The lowest BCUT2D eigenvalue weighted by Gasteiger charge is -2.27. The Hall–Kier alpha value is -1.35. The first-order valence-corrected chi connectivity index (χ1v) is 7.26. The normalized spacial score (nSPS) is 17.9. The van der Waals surface area contributed by atoms with E-state index in [4.69, 9.17) is 10.5 Å². The average Bonchev–Trinajstić information content (AvgIpc) is 2.97. The van der Waals surface area contributed by atoms with Crippen molar-refractivity contribution in [2.75, 3.05) is 44.3 Å². The van der Waals surface area contributed by atoms with Crippen LogP contribution in [0.3, 0.4) is 0 Å². The molecule has 0 bridgehead atoms. The third kappa shape index (κ3) is 3.70. The number of nitrogens with zero attached hydrogens (tertiary/aromatic N) is 3. The summed E-state index contributed by atoms with van der Waals surface area (Å²) in [4.78, 5) is 20.3. The number of rotatable bonds is 2. The lowest BCUT2D eigenvalue weighted by Crippen LogP contribution is -2.45. The smallest absolute Gasteiger partial charge is 0.248 e. The molecule has 2 aliphatic heterocycles. The topological polar surface area (TPSA) is 71.2 Å². The number of carbonyl (C=O) groups is 1. The van der Waals surface area contributed by atoms with Crippen LogP contribution in [0.25, 0.3) is 0 Å². The third-order valence-electron chi connectivity index (χ3n) is 3.90. The van der Waals surface area contributed by atoms with Crippen molar-refractivity contribution in [1.29, 1.82) is 0 Å². The fraction of sp³-hybridized carbons (Fsp3) is 0.467. The number of carbonyl (C=O) groups excluding carboxylic acids is 1. The molecule has 2 heterocycles. The number of guanidine groups is 1. The van der Waals surface area contributed by atoms with E-state index in [-0.39, 0.29) is 36.4 Å². The molecule has 0 aromatic heterocycles. The molecular formula is C15H21IN4O2. The van der Waals surface area contributed by atoms with E-state index in [0.717, 1.165) is 31.7 Å². The summed E-state index contributed by atoms with van der Waals surface area (Å²) in [5.41, 5.74) is 8.16. The molecule has 0 atom stereocenters. The summed E-state index contributed by atoms with van der Waals surface area (Å²) >= 11 is 0. The fourth-order valence-corrected chi connectivity index (χ4v) is 2.72. The van der Waals surface area contributed by atoms with Gasteiger partial charge in [0.1, 0.15) is 6.54 Å². The number of hydrogen-bond acceptors (Lipinski definition) is 3. The second-order valence-corrected chi connectivity index (χ2v) is 5.20. The second kappa shape index (κ2) is 7.77. The van der Waals surface area contributed by atoms with Crippen molar-refractivity contribution < 1.29 is 9.53 Å². The Bertz CT molecular complexity index is 558. The Balaban J connectivity index is 0.00000176. The maximum absolute atomic E-state index is 12.3. The van der Waals surface area contributed by atoms with Crippen LogP contribution >= 0.6 is 24.0 Å². The van der Waals surface area contributed by atoms with E-state index in [2.05, 4.69) is 11.1 Å². The molecule has 0 unspecified atom stereocenters. The zero-order chi connectivity index (χ0) is 14.7. The van der Waals surface area contributed by atoms with Crippen LogP contribution in [0.2, 0.25) is 0 Å². The molecule has 22 heavy (non-hydrogen) atoms. The van der Waals surface area contributed by atoms with E-state index in [1.807, 2.05) is 23.1 Å². The summed E-state index contributed by atoms with van der Waals surface area (Å²) in [7, 11) is 0. The van der Waals surface area contributed by atoms with Crippen molar-refractivity contribution in [3.8, 4) is 0 Å². The number of halogens is 1. The number of hydrogen-bond donors (Lipinski definition) is 1. The van der Waals surface area contributed by atoms with Crippen LogP contribution < -0.4 is 10.6 Å². The van der Waals surface area contributed by atoms with Crippen molar-refractivity contribution in [3.63, 3.8) is 0 Å². The molecule has 0 saturated carbocycles. The summed E-state index contributed by atoms with van der Waals surface area (Å²) in [6, 6.07) is 8.00. The molecule has 6 nitrogen and oxygen atoms in total. The van der Waals surface area contributed by atoms with Crippen LogP contribution in [0.4, 0.5) is 5.69 Å². The molecule has 0 radical (unpaired) electrons. The van der Waals surface area contributed by atoms with Gasteiger partial charge in [0.2, 0.25) is 5.91 Å². The molecular weight excluding hydrogens is 395 g/mol. The third-order valence-corrected chi connectivity index (χ3v) is 3.90. The molecule has 0 aliphatic carbocycles. The summed E-state index contributed by atoms with van der Waals surface area (Å²) in [5, 5.41) is 0. The van der Waals surface area contributed by atoms with E-state index in [1.165, 1.54) is 5.56 Å². The molecule has 2 aliphatic rings. The molecule has 2 N–H and O–H groups in total. The van der Waals surface area contributed by atoms with E-state index in [0.29, 0.717) is 19.2 Å². The van der Waals surface area contributed by atoms with E-state index >= 15 is 0 Å². The van der Waals surface area contributed by atoms with Gasteiger partial charge in [0, 0.05) is 25.3 Å². The van der Waals surface area contributed by atoms with E-state index in [9.17, 15) is 4.79 Å². The van der Waals surface area contributed by atoms with Gasteiger partial charge in [-0.3, -0.25) is 4.79 Å². The van der Waals surface area contributed by atoms with Crippen molar-refractivity contribution in [2.24, 2.45) is 10.7 Å². The van der Waals surface area contributed by atoms with Crippen molar-refractivity contribution in [2.45, 2.75) is 6.42 Å². The highest BCUT2D eigenvalue weighted by molar-refractivity contribution is 14.0. The van der Waals surface area contributed by atoms with Crippen LogP contribution in [0.5, 0.6) is 0 Å². The van der Waals surface area contributed by atoms with Gasteiger partial charge in [0.15, 0.2) is 5.96 Å². The molecule has 120 valence electrons. The Labute approximate surface area is 147 Å². The number of anilines is 1. The highest BCUT2D eigenvalue weighted by atomic mass is 127. The largest absolute Gasteiger partial charge is 0.378 e. The Morgan fingerprint density at radius 1 is 1.23 bits per heavy atom. The lowest BCUT2D eigenvalue weighted by atomic mass is 10.2. The second-order valence-electron chi connectivity index (χ2n) is 5.20. The van der Waals surface area contributed by atoms with Crippen LogP contribution in [0.1, 0.15) is 5.56 Å². The summed E-state index contributed by atoms with van der Waals surface area (Å²) in [5.74, 6) is 0.426. The standard InChI is InChI=1S/C15H20N4O2.HI/c16-15(18-7-9-21-10-8-18)17-11-14(20)19-6-5-12-3-1-2-4-13(12)19;/h1-4H,5-11H2,(H2,16,17);1H. The van der Waals surface area contributed by atoms with Crippen LogP contribution in [-0.2, 0) is 16.0 Å². The SMILES string of the molecule is I.NC(=NCC(=O)N1CCc2ccccc21)N1CCOCC1. The number of aliphatic imine (C=N–C) groups is 1. The number of morpholine rings is 1. The first kappa shape index (κ1) is 17.0. The van der Waals surface area contributed by atoms with Gasteiger partial charge in [0.25, 0.3) is 0 Å². The van der Waals surface area contributed by atoms with Gasteiger partial charge in [-0.15, -0.1) is 24.0 Å². The molecule has 1 amide bonds. The molecule has 0 spiro atoms. The summed E-state index contributed by atoms with van der Waals surface area (Å²) in [6.45, 7) is 3.60. The minimum Gasteiger partial charge on any atom is -0.378 e. The van der Waals surface area contributed by atoms with Gasteiger partial charge in [0.05, 0.1) is 13.2 Å². The molecule has 1 fully saturated rings. The number of para-hydroxylation sites is 1. The first-order valence-electron chi connectivity index (χ1n) is 7.26. The van der Waals surface area contributed by atoms with Crippen LogP contribution in [-0.4, -0.2) is 56.2 Å². The van der Waals surface area contributed by atoms with Crippen LogP contribution in [0.15, 0.2) is 29.3 Å². The Morgan fingerprint density at radius 3 is 2.73 bits per heavy atom. The molecule has 7 heteroatoms. The average molecular weight is 416 g/mol. The van der Waals surface area contributed by atoms with Gasteiger partial charge in [-0.05, 0) is 18.1 Å². The number of nitrogens with two attached hydrogens (primary N) is 1. The van der Waals surface area contributed by atoms with Crippen molar-refractivity contribution in [3.05, 3.63) is 29.8 Å². The fourth-order valence-electron chi connectivity index (χ4n) is 2.72. The van der Waals surface area contributed by atoms with Gasteiger partial charge in [-0.25, -0.2) is 4.99 Å². The van der Waals surface area contributed by atoms with Gasteiger partial charge < -0.3 is 20.3 Å². The number of benzene rings is 1. The monoisotopic (exact) mass is 416 g/mol. The van der Waals surface area contributed by atoms with Gasteiger partial charge in [-0.2, -0.15) is 0 Å². The van der Waals surface area contributed by atoms with Gasteiger partial charge >= 0.3 is 0 Å². The molecule has 1 saturated heterocycles. The lowest BCUT2D eigenvalue weighted by molar-refractivity contribution is -0.117. The van der Waals surface area contributed by atoms with E-state index < -0.39 is 0 Å². The predicted octanol–water partition coefficient (Wildman–Crippen LogP) is 0.841. The molecule has 3 rings (SSSR count). The highest BCUT2D eigenvalue weighted by Crippen LogP contribution is 2.27. The van der Waals surface area contributed by atoms with Gasteiger partial charge in [-0.1, -0.05) is 18.2 Å². The minimum absolute atomic E-state index is 0. The zero-order valence-corrected chi connectivity index (χ0v) is 14.7. The number of amides is 1. The van der Waals surface area contributed by atoms with E-state index in [1.54, 1.807) is 4.90 Å². The quantitative estimate of drug-likeness (QED) is 0.441. The maximum Gasteiger partial charge on any atom is 0.248 e. The predicted molar refractivity (Wildman–Crippen MR) is 96.8 cm³/mol. The van der Waals surface area contributed by atoms with Crippen LogP contribution in [0, 0.1) is 0 Å². The Morgan fingerprint density at radius 2 is 1.95 bits per heavy atom. The molecule has 1 aromatic rings. The highest BCUT2D eigenvalue weighted by Gasteiger charge is 2.23. The number of ether oxygens (including phenoxy) is 1. The Kier molecular flexibility index (Phi) is 6.01. The minimum atomic E-state index is -0.00356. The summed E-state index contributed by atoms with van der Waals surface area (Å²) in [6.07, 6.45) is 0.907.